The zero-order valence-corrected chi connectivity index (χ0v) is 10.5. The minimum Gasteiger partial charge on any atom is -0.392 e. The number of rotatable bonds is 2. The van der Waals surface area contributed by atoms with Gasteiger partial charge in [-0.25, -0.2) is 4.79 Å². The van der Waals surface area contributed by atoms with Gasteiger partial charge in [0, 0.05) is 12.6 Å². The zero-order chi connectivity index (χ0) is 14.2. The first kappa shape index (κ1) is 13.8. The van der Waals surface area contributed by atoms with Crippen LogP contribution >= 0.6 is 11.6 Å². The van der Waals surface area contributed by atoms with Crippen molar-refractivity contribution < 1.29 is 14.9 Å². The van der Waals surface area contributed by atoms with E-state index >= 15 is 0 Å². The molecular weight excluding hydrogens is 274 g/mol. The van der Waals surface area contributed by atoms with Crippen LogP contribution in [0, 0.1) is 12.3 Å². The van der Waals surface area contributed by atoms with Crippen LogP contribution in [0.4, 0.5) is 5.82 Å². The van der Waals surface area contributed by atoms with E-state index in [2.05, 4.69) is 10.9 Å². The first-order valence-electron chi connectivity index (χ1n) is 5.42. The predicted molar refractivity (Wildman–Crippen MR) is 67.3 cm³/mol. The maximum Gasteiger partial charge on any atom is 0.351 e. The largest absolute Gasteiger partial charge is 0.392 e. The normalized spacial score (nSPS) is 30.2. The first-order chi connectivity index (χ1) is 8.93. The summed E-state index contributed by atoms with van der Waals surface area (Å²) in [6, 6.07) is 0. The minimum absolute atomic E-state index is 0.0343. The van der Waals surface area contributed by atoms with Gasteiger partial charge in [0.25, 0.3) is 0 Å². The van der Waals surface area contributed by atoms with Crippen LogP contribution in [0.1, 0.15) is 12.6 Å². The third kappa shape index (κ3) is 2.19. The predicted octanol–water partition coefficient (Wildman–Crippen LogP) is -0.877. The van der Waals surface area contributed by atoms with Crippen LogP contribution in [0.25, 0.3) is 0 Å². The van der Waals surface area contributed by atoms with Crippen molar-refractivity contribution in [1.29, 1.82) is 0 Å². The smallest absolute Gasteiger partial charge is 0.351 e. The van der Waals surface area contributed by atoms with Gasteiger partial charge in [-0.3, -0.25) is 4.57 Å². The Morgan fingerprint density at radius 1 is 1.79 bits per heavy atom. The fraction of sp³-hybridized carbons (Fsp3) is 0.455. The Labute approximate surface area is 113 Å². The quantitative estimate of drug-likeness (QED) is 0.609. The van der Waals surface area contributed by atoms with E-state index in [0.717, 1.165) is 4.57 Å². The Kier molecular flexibility index (Phi) is 3.52. The molecule has 0 spiro atoms. The third-order valence-corrected chi connectivity index (χ3v) is 3.32. The second-order valence-corrected chi connectivity index (χ2v) is 4.59. The number of halogens is 1. The molecule has 2 rings (SSSR count). The average molecular weight is 286 g/mol. The molecule has 1 saturated heterocycles. The number of aliphatic hydroxyl groups excluding tert-OH is 2. The van der Waals surface area contributed by atoms with Crippen LogP contribution in [0.5, 0.6) is 0 Å². The molecule has 0 aromatic carbocycles. The molecule has 3 atom stereocenters. The molecule has 1 aromatic heterocycles. The minimum atomic E-state index is -1.53. The summed E-state index contributed by atoms with van der Waals surface area (Å²) >= 11 is 5.78. The van der Waals surface area contributed by atoms with Gasteiger partial charge < -0.3 is 20.7 Å². The van der Waals surface area contributed by atoms with Crippen molar-refractivity contribution in [3.63, 3.8) is 0 Å². The molecule has 2 heterocycles. The van der Waals surface area contributed by atoms with E-state index in [9.17, 15) is 15.0 Å². The van der Waals surface area contributed by atoms with E-state index in [-0.39, 0.29) is 17.3 Å². The topological polar surface area (TPSA) is 111 Å². The number of aliphatic hydroxyl groups is 2. The van der Waals surface area contributed by atoms with E-state index in [1.807, 2.05) is 0 Å². The lowest BCUT2D eigenvalue weighted by atomic mass is 9.99. The monoisotopic (exact) mass is 285 g/mol. The summed E-state index contributed by atoms with van der Waals surface area (Å²) in [5, 5.41) is 19.2. The Morgan fingerprint density at radius 3 is 3.00 bits per heavy atom. The van der Waals surface area contributed by atoms with E-state index in [0.29, 0.717) is 0 Å². The van der Waals surface area contributed by atoms with Crippen LogP contribution in [0.15, 0.2) is 11.0 Å². The molecule has 0 amide bonds. The van der Waals surface area contributed by atoms with Gasteiger partial charge in [-0.2, -0.15) is 4.98 Å². The summed E-state index contributed by atoms with van der Waals surface area (Å²) in [5.41, 5.74) is 3.20. The Balaban J connectivity index is 2.39. The third-order valence-electron chi connectivity index (χ3n) is 3.03. The molecule has 102 valence electrons. The summed E-state index contributed by atoms with van der Waals surface area (Å²) in [6.07, 6.45) is 4.58. The molecule has 0 unspecified atom stereocenters. The van der Waals surface area contributed by atoms with Gasteiger partial charge in [-0.15, -0.1) is 6.42 Å². The lowest BCUT2D eigenvalue weighted by molar-refractivity contribution is -0.0912. The summed E-state index contributed by atoms with van der Waals surface area (Å²) < 4.78 is 6.49. The van der Waals surface area contributed by atoms with Crippen molar-refractivity contribution >= 4 is 17.4 Å². The number of nitrogens with two attached hydrogens (primary N) is 1. The summed E-state index contributed by atoms with van der Waals surface area (Å²) in [5.74, 6) is 2.12. The maximum atomic E-state index is 11.7. The number of hydrogen-bond donors (Lipinski definition) is 3. The lowest BCUT2D eigenvalue weighted by Gasteiger charge is -2.23. The maximum absolute atomic E-state index is 11.7. The Hall–Kier alpha value is -1.59. The molecule has 0 saturated carbocycles. The number of terminal acetylenes is 1. The first-order valence-corrected chi connectivity index (χ1v) is 5.80. The molecule has 1 aliphatic heterocycles. The van der Waals surface area contributed by atoms with Crippen molar-refractivity contribution in [2.75, 3.05) is 12.3 Å². The fourth-order valence-electron chi connectivity index (χ4n) is 1.90. The molecule has 0 aliphatic carbocycles. The molecule has 7 nitrogen and oxygen atoms in total. The lowest BCUT2D eigenvalue weighted by Crippen LogP contribution is -2.41. The molecule has 19 heavy (non-hydrogen) atoms. The van der Waals surface area contributed by atoms with Crippen LogP contribution in [-0.4, -0.2) is 38.1 Å². The summed E-state index contributed by atoms with van der Waals surface area (Å²) in [7, 11) is 0. The molecule has 1 aromatic rings. The van der Waals surface area contributed by atoms with Gasteiger partial charge in [0.15, 0.2) is 5.60 Å². The van der Waals surface area contributed by atoms with E-state index in [1.54, 1.807) is 0 Å². The number of nitrogen functional groups attached to an aromatic ring is 1. The number of aromatic nitrogens is 2. The second kappa shape index (κ2) is 4.83. The standard InChI is InChI=1S/C11H12ClN3O4/c1-2-11(5-16)7(17)3-8(19-11)15-4-6(12)9(13)14-10(15)18/h1,4,7-8,16-17H,3,5H2,(H2,13,14,18)/t7-,8-,11+/m0/s1. The van der Waals surface area contributed by atoms with E-state index in [1.165, 1.54) is 6.20 Å². The molecule has 0 radical (unpaired) electrons. The number of anilines is 1. The number of nitrogens with zero attached hydrogens (tertiary/aromatic N) is 2. The SMILES string of the molecule is C#C[C@]1(CO)O[C@H](n2cc(Cl)c(N)nc2=O)C[C@@H]1O. The molecule has 1 fully saturated rings. The van der Waals surface area contributed by atoms with E-state index in [4.69, 9.17) is 28.5 Å². The fourth-order valence-corrected chi connectivity index (χ4v) is 2.05. The zero-order valence-electron chi connectivity index (χ0n) is 9.78. The summed E-state index contributed by atoms with van der Waals surface area (Å²) in [6.45, 7) is -0.563. The van der Waals surface area contributed by atoms with E-state index < -0.39 is 30.2 Å². The van der Waals surface area contributed by atoms with Gasteiger partial charge in [0.1, 0.15) is 18.1 Å². The van der Waals surface area contributed by atoms with Gasteiger partial charge in [-0.05, 0) is 0 Å². The average Bonchev–Trinajstić information content (AvgIpc) is 2.71. The number of hydrogen-bond acceptors (Lipinski definition) is 6. The van der Waals surface area contributed by atoms with Crippen molar-refractivity contribution in [3.8, 4) is 12.3 Å². The highest BCUT2D eigenvalue weighted by atomic mass is 35.5. The van der Waals surface area contributed by atoms with Crippen molar-refractivity contribution in [1.82, 2.24) is 9.55 Å². The second-order valence-electron chi connectivity index (χ2n) is 4.18. The van der Waals surface area contributed by atoms with Crippen LogP contribution in [0.3, 0.4) is 0 Å². The van der Waals surface area contributed by atoms with Crippen LogP contribution in [0.2, 0.25) is 5.02 Å². The van der Waals surface area contributed by atoms with Crippen molar-refractivity contribution in [2.45, 2.75) is 24.4 Å². The molecular formula is C11H12ClN3O4. The highest BCUT2D eigenvalue weighted by Gasteiger charge is 2.47. The molecule has 8 heteroatoms. The van der Waals surface area contributed by atoms with Gasteiger partial charge >= 0.3 is 5.69 Å². The van der Waals surface area contributed by atoms with Crippen molar-refractivity contribution in [3.05, 3.63) is 21.7 Å². The van der Waals surface area contributed by atoms with Gasteiger partial charge in [0.05, 0.1) is 11.6 Å². The number of ether oxygens (including phenoxy) is 1. The van der Waals surface area contributed by atoms with Gasteiger partial charge in [0.2, 0.25) is 0 Å². The highest BCUT2D eigenvalue weighted by Crippen LogP contribution is 2.35. The van der Waals surface area contributed by atoms with Crippen LogP contribution in [-0.2, 0) is 4.74 Å². The van der Waals surface area contributed by atoms with Gasteiger partial charge in [-0.1, -0.05) is 17.5 Å². The summed E-state index contributed by atoms with van der Waals surface area (Å²) in [4.78, 5) is 15.2. The Morgan fingerprint density at radius 2 is 2.47 bits per heavy atom. The highest BCUT2D eigenvalue weighted by molar-refractivity contribution is 6.32. The molecule has 4 N–H and O–H groups in total. The molecule has 1 aliphatic rings. The van der Waals surface area contributed by atoms with Crippen LogP contribution < -0.4 is 11.4 Å². The van der Waals surface area contributed by atoms with Crippen molar-refractivity contribution in [2.24, 2.45) is 0 Å². The Bertz CT molecular complexity index is 597. The molecule has 0 bridgehead atoms.